The molecule has 6 nitrogen and oxygen atoms in total. The molecule has 0 unspecified atom stereocenters. The lowest BCUT2D eigenvalue weighted by Gasteiger charge is -2.32. The first-order valence-electron chi connectivity index (χ1n) is 7.44. The summed E-state index contributed by atoms with van der Waals surface area (Å²) in [6, 6.07) is 2.31. The Kier molecular flexibility index (Phi) is 3.90. The molecular weight excluding hydrogens is 304 g/mol. The molecule has 2 heterocycles. The van der Waals surface area contributed by atoms with Gasteiger partial charge in [0.1, 0.15) is 6.04 Å². The van der Waals surface area contributed by atoms with Crippen molar-refractivity contribution >= 4 is 29.1 Å². The van der Waals surface area contributed by atoms with E-state index < -0.39 is 17.9 Å². The number of fused-ring (bicyclic) bond motifs is 1. The highest BCUT2D eigenvalue weighted by atomic mass is 32.1. The van der Waals surface area contributed by atoms with Crippen LogP contribution < -0.4 is 5.73 Å². The standard InChI is InChI=1S/C15H18N2O4S/c16-13(18)11-5-6-12(22-11)14(19)17-9-4-2-1-3-8(9)7-10(17)15(20)21/h5-6,8-10H,1-4,7H2,(H2,16,18)(H,20,21)/t8-,9-,10-/m0/s1. The fraction of sp³-hybridized carbons (Fsp3) is 0.533. The maximum absolute atomic E-state index is 12.8. The monoisotopic (exact) mass is 322 g/mol. The average Bonchev–Trinajstić information content (AvgIpc) is 3.11. The SMILES string of the molecule is NC(=O)c1ccc(C(=O)N2[C@H](C(=O)O)C[C@@H]3CCCC[C@@H]32)s1. The van der Waals surface area contributed by atoms with Crippen LogP contribution in [0.5, 0.6) is 0 Å². The number of nitrogens with two attached hydrogens (primary N) is 1. The molecule has 1 aliphatic heterocycles. The van der Waals surface area contributed by atoms with E-state index in [0.717, 1.165) is 37.0 Å². The van der Waals surface area contributed by atoms with E-state index in [1.807, 2.05) is 0 Å². The van der Waals surface area contributed by atoms with Crippen LogP contribution >= 0.6 is 11.3 Å². The lowest BCUT2D eigenvalue weighted by Crippen LogP contribution is -2.46. The summed E-state index contributed by atoms with van der Waals surface area (Å²) >= 11 is 1.03. The molecule has 1 saturated carbocycles. The predicted octanol–water partition coefficient (Wildman–Crippen LogP) is 1.70. The number of amides is 2. The lowest BCUT2D eigenvalue weighted by atomic mass is 9.85. The van der Waals surface area contributed by atoms with Gasteiger partial charge >= 0.3 is 5.97 Å². The van der Waals surface area contributed by atoms with Crippen LogP contribution in [0.2, 0.25) is 0 Å². The van der Waals surface area contributed by atoms with Gasteiger partial charge < -0.3 is 15.7 Å². The Morgan fingerprint density at radius 1 is 1.18 bits per heavy atom. The van der Waals surface area contributed by atoms with E-state index in [1.165, 1.54) is 11.0 Å². The number of aliphatic carboxylic acids is 1. The van der Waals surface area contributed by atoms with Gasteiger partial charge in [-0.3, -0.25) is 9.59 Å². The smallest absolute Gasteiger partial charge is 0.326 e. The lowest BCUT2D eigenvalue weighted by molar-refractivity contribution is -0.141. The number of carboxylic acid groups (broad SMARTS) is 1. The molecule has 3 rings (SSSR count). The Morgan fingerprint density at radius 2 is 1.86 bits per heavy atom. The minimum Gasteiger partial charge on any atom is -0.480 e. The molecule has 2 aliphatic rings. The highest BCUT2D eigenvalue weighted by Gasteiger charge is 2.47. The van der Waals surface area contributed by atoms with Crippen molar-refractivity contribution in [2.75, 3.05) is 0 Å². The largest absolute Gasteiger partial charge is 0.480 e. The third kappa shape index (κ3) is 2.49. The van der Waals surface area contributed by atoms with Gasteiger partial charge in [0, 0.05) is 6.04 Å². The number of hydrogen-bond acceptors (Lipinski definition) is 4. The van der Waals surface area contributed by atoms with Gasteiger partial charge in [0.2, 0.25) is 0 Å². The molecule has 2 fully saturated rings. The number of carboxylic acids is 1. The van der Waals surface area contributed by atoms with E-state index in [1.54, 1.807) is 6.07 Å². The maximum Gasteiger partial charge on any atom is 0.326 e. The second-order valence-corrected chi connectivity index (χ2v) is 7.03. The van der Waals surface area contributed by atoms with Crippen LogP contribution in [-0.2, 0) is 4.79 Å². The predicted molar refractivity (Wildman–Crippen MR) is 80.8 cm³/mol. The van der Waals surface area contributed by atoms with Gasteiger partial charge in [0.25, 0.3) is 11.8 Å². The molecule has 1 aromatic rings. The van der Waals surface area contributed by atoms with Crippen LogP contribution in [0, 0.1) is 5.92 Å². The zero-order chi connectivity index (χ0) is 15.9. The van der Waals surface area contributed by atoms with Crippen molar-refractivity contribution in [3.05, 3.63) is 21.9 Å². The summed E-state index contributed by atoms with van der Waals surface area (Å²) in [7, 11) is 0. The zero-order valence-electron chi connectivity index (χ0n) is 12.0. The molecule has 22 heavy (non-hydrogen) atoms. The Balaban J connectivity index is 1.89. The number of carbonyl (C=O) groups is 3. The Bertz CT molecular complexity index is 627. The number of hydrogen-bond donors (Lipinski definition) is 2. The quantitative estimate of drug-likeness (QED) is 0.884. The fourth-order valence-electron chi connectivity index (χ4n) is 3.69. The zero-order valence-corrected chi connectivity index (χ0v) is 12.8. The first-order chi connectivity index (χ1) is 10.5. The summed E-state index contributed by atoms with van der Waals surface area (Å²) in [6.07, 6.45) is 4.48. The van der Waals surface area contributed by atoms with Crippen molar-refractivity contribution in [3.63, 3.8) is 0 Å². The molecule has 0 spiro atoms. The normalized spacial score (nSPS) is 27.5. The first-order valence-corrected chi connectivity index (χ1v) is 8.26. The summed E-state index contributed by atoms with van der Waals surface area (Å²) in [5, 5.41) is 9.46. The second-order valence-electron chi connectivity index (χ2n) is 5.94. The number of thiophene rings is 1. The molecule has 2 amide bonds. The minimum atomic E-state index is -0.950. The van der Waals surface area contributed by atoms with E-state index in [9.17, 15) is 19.5 Å². The first kappa shape index (κ1) is 15.0. The summed E-state index contributed by atoms with van der Waals surface area (Å²) < 4.78 is 0. The molecular formula is C15H18N2O4S. The van der Waals surface area contributed by atoms with E-state index >= 15 is 0 Å². The third-order valence-corrected chi connectivity index (χ3v) is 5.76. The van der Waals surface area contributed by atoms with Gasteiger partial charge in [-0.1, -0.05) is 12.8 Å². The molecule has 118 valence electrons. The molecule has 1 aliphatic carbocycles. The van der Waals surface area contributed by atoms with Crippen LogP contribution in [0.25, 0.3) is 0 Å². The second kappa shape index (κ2) is 5.72. The molecule has 7 heteroatoms. The van der Waals surface area contributed by atoms with Gasteiger partial charge in [-0.2, -0.15) is 0 Å². The highest BCUT2D eigenvalue weighted by molar-refractivity contribution is 7.15. The van der Waals surface area contributed by atoms with E-state index in [4.69, 9.17) is 5.73 Å². The number of nitrogens with zero attached hydrogens (tertiary/aromatic N) is 1. The van der Waals surface area contributed by atoms with Gasteiger partial charge in [0.15, 0.2) is 0 Å². The Morgan fingerprint density at radius 3 is 2.50 bits per heavy atom. The Hall–Kier alpha value is -1.89. The van der Waals surface area contributed by atoms with Gasteiger partial charge in [-0.05, 0) is 37.3 Å². The van der Waals surface area contributed by atoms with Crippen molar-refractivity contribution < 1.29 is 19.5 Å². The highest BCUT2D eigenvalue weighted by Crippen LogP contribution is 2.41. The number of rotatable bonds is 3. The van der Waals surface area contributed by atoms with Gasteiger partial charge in [-0.25, -0.2) is 4.79 Å². The van der Waals surface area contributed by atoms with E-state index in [0.29, 0.717) is 16.2 Å². The molecule has 3 atom stereocenters. The van der Waals surface area contributed by atoms with Gasteiger partial charge in [-0.15, -0.1) is 11.3 Å². The van der Waals surface area contributed by atoms with Crippen LogP contribution in [0.4, 0.5) is 0 Å². The van der Waals surface area contributed by atoms with Crippen molar-refractivity contribution in [3.8, 4) is 0 Å². The summed E-state index contributed by atoms with van der Waals surface area (Å²) in [4.78, 5) is 37.7. The van der Waals surface area contributed by atoms with E-state index in [2.05, 4.69) is 0 Å². The molecule has 0 aromatic carbocycles. The number of primary amides is 1. The summed E-state index contributed by atoms with van der Waals surface area (Å²) in [6.45, 7) is 0. The number of carbonyl (C=O) groups excluding carboxylic acids is 2. The van der Waals surface area contributed by atoms with Crippen molar-refractivity contribution in [1.29, 1.82) is 0 Å². The summed E-state index contributed by atoms with van der Waals surface area (Å²) in [5.41, 5.74) is 5.21. The molecule has 0 bridgehead atoms. The third-order valence-electron chi connectivity index (χ3n) is 4.67. The summed E-state index contributed by atoms with van der Waals surface area (Å²) in [5.74, 6) is -1.54. The average molecular weight is 322 g/mol. The van der Waals surface area contributed by atoms with Crippen LogP contribution in [0.1, 0.15) is 51.4 Å². The topological polar surface area (TPSA) is 101 Å². The van der Waals surface area contributed by atoms with Crippen LogP contribution in [0.15, 0.2) is 12.1 Å². The minimum absolute atomic E-state index is 0.00137. The fourth-order valence-corrected chi connectivity index (χ4v) is 4.49. The van der Waals surface area contributed by atoms with Crippen LogP contribution in [-0.4, -0.2) is 39.9 Å². The van der Waals surface area contributed by atoms with Crippen molar-refractivity contribution in [2.45, 2.75) is 44.2 Å². The molecule has 3 N–H and O–H groups in total. The maximum atomic E-state index is 12.8. The van der Waals surface area contributed by atoms with Crippen molar-refractivity contribution in [2.24, 2.45) is 11.7 Å². The molecule has 0 radical (unpaired) electrons. The van der Waals surface area contributed by atoms with Crippen LogP contribution in [0.3, 0.4) is 0 Å². The Labute approximate surface area is 131 Å². The van der Waals surface area contributed by atoms with E-state index in [-0.39, 0.29) is 17.9 Å². The van der Waals surface area contributed by atoms with Crippen molar-refractivity contribution in [1.82, 2.24) is 4.90 Å². The number of likely N-dealkylation sites (tertiary alicyclic amines) is 1. The molecule has 1 aromatic heterocycles. The molecule has 1 saturated heterocycles. The van der Waals surface area contributed by atoms with Gasteiger partial charge in [0.05, 0.1) is 9.75 Å².